The molecule has 4 fully saturated rings. The van der Waals surface area contributed by atoms with Gasteiger partial charge in [-0.2, -0.15) is 11.8 Å². The van der Waals surface area contributed by atoms with Crippen LogP contribution in [0, 0.1) is 11.8 Å². The van der Waals surface area contributed by atoms with Crippen LogP contribution >= 0.6 is 11.8 Å². The van der Waals surface area contributed by atoms with Gasteiger partial charge in [-0.05, 0) is 44.4 Å². The second-order valence-electron chi connectivity index (χ2n) is 4.54. The average Bonchev–Trinajstić information content (AvgIpc) is 2.02. The monoisotopic (exact) mass is 180 g/mol. The van der Waals surface area contributed by atoms with Gasteiger partial charge < -0.3 is 0 Å². The normalized spacial score (nSPS) is 53.6. The summed E-state index contributed by atoms with van der Waals surface area (Å²) in [6.07, 6.45) is 8.46. The molecule has 0 amide bonds. The van der Waals surface area contributed by atoms with E-state index in [1.54, 1.807) is 5.57 Å². The Morgan fingerprint density at radius 1 is 1.25 bits per heavy atom. The highest BCUT2D eigenvalue weighted by atomic mass is 32.2. The van der Waals surface area contributed by atoms with Crippen LogP contribution in [-0.2, 0) is 0 Å². The number of rotatable bonds is 0. The largest absolute Gasteiger partial charge is 0.151 e. The molecule has 0 spiro atoms. The Morgan fingerprint density at radius 2 is 2.17 bits per heavy atom. The quantitative estimate of drug-likeness (QED) is 0.516. The molecule has 4 bridgehead atoms. The first-order chi connectivity index (χ1) is 5.86. The minimum atomic E-state index is 0.936. The highest BCUT2D eigenvalue weighted by molar-refractivity contribution is 8.00. The van der Waals surface area contributed by atoms with Crippen LogP contribution in [0.1, 0.15) is 32.6 Å². The Morgan fingerprint density at radius 3 is 2.83 bits per heavy atom. The minimum Gasteiger partial charge on any atom is -0.151 e. The molecule has 0 aromatic carbocycles. The highest BCUT2D eigenvalue weighted by Crippen LogP contribution is 2.56. The van der Waals surface area contributed by atoms with E-state index in [0.717, 1.165) is 22.3 Å². The summed E-state index contributed by atoms with van der Waals surface area (Å²) < 4.78 is 0. The van der Waals surface area contributed by atoms with E-state index in [1.165, 1.54) is 25.7 Å². The Bertz CT molecular complexity index is 199. The van der Waals surface area contributed by atoms with E-state index in [0.29, 0.717) is 0 Å². The molecule has 4 unspecified atom stereocenters. The van der Waals surface area contributed by atoms with Crippen molar-refractivity contribution in [3.63, 3.8) is 0 Å². The van der Waals surface area contributed by atoms with Crippen LogP contribution in [0.15, 0.2) is 11.6 Å². The van der Waals surface area contributed by atoms with Crippen molar-refractivity contribution < 1.29 is 0 Å². The molecule has 12 heavy (non-hydrogen) atoms. The Hall–Kier alpha value is 0.0900. The van der Waals surface area contributed by atoms with E-state index >= 15 is 0 Å². The van der Waals surface area contributed by atoms with Gasteiger partial charge in [-0.3, -0.25) is 0 Å². The van der Waals surface area contributed by atoms with Crippen molar-refractivity contribution >= 4 is 11.8 Å². The molecule has 0 nitrogen and oxygen atoms in total. The molecule has 2 saturated carbocycles. The van der Waals surface area contributed by atoms with Crippen molar-refractivity contribution in [3.8, 4) is 0 Å². The molecule has 4 aliphatic rings. The molecular weight excluding hydrogens is 164 g/mol. The van der Waals surface area contributed by atoms with Crippen molar-refractivity contribution in [2.24, 2.45) is 11.8 Å². The van der Waals surface area contributed by atoms with Crippen molar-refractivity contribution in [2.75, 3.05) is 0 Å². The van der Waals surface area contributed by atoms with Gasteiger partial charge in [0.25, 0.3) is 0 Å². The summed E-state index contributed by atoms with van der Waals surface area (Å²) in [5.41, 5.74) is 1.80. The third-order valence-electron chi connectivity index (χ3n) is 3.84. The van der Waals surface area contributed by atoms with Gasteiger partial charge in [0.2, 0.25) is 0 Å². The van der Waals surface area contributed by atoms with Crippen LogP contribution in [0.4, 0.5) is 0 Å². The molecule has 66 valence electrons. The lowest BCUT2D eigenvalue weighted by atomic mass is 9.68. The highest BCUT2D eigenvalue weighted by Gasteiger charge is 2.45. The summed E-state index contributed by atoms with van der Waals surface area (Å²) >= 11 is 2.27. The molecule has 2 heterocycles. The number of thioether (sulfide) groups is 1. The maximum Gasteiger partial charge on any atom is 0.0264 e. The lowest BCUT2D eigenvalue weighted by Gasteiger charge is -2.50. The molecule has 0 aromatic heterocycles. The topological polar surface area (TPSA) is 0 Å². The van der Waals surface area contributed by atoms with Gasteiger partial charge in [-0.15, -0.1) is 0 Å². The maximum atomic E-state index is 2.40. The molecule has 2 saturated heterocycles. The predicted molar refractivity (Wildman–Crippen MR) is 54.4 cm³/mol. The van der Waals surface area contributed by atoms with Gasteiger partial charge in [-0.1, -0.05) is 11.6 Å². The Kier molecular flexibility index (Phi) is 1.58. The van der Waals surface area contributed by atoms with Crippen LogP contribution in [0.5, 0.6) is 0 Å². The fourth-order valence-corrected chi connectivity index (χ4v) is 5.51. The van der Waals surface area contributed by atoms with E-state index in [4.69, 9.17) is 0 Å². The van der Waals surface area contributed by atoms with Crippen LogP contribution in [0.25, 0.3) is 0 Å². The lowest BCUT2D eigenvalue weighted by molar-refractivity contribution is 0.236. The van der Waals surface area contributed by atoms with E-state index in [2.05, 4.69) is 24.8 Å². The Balaban J connectivity index is 1.95. The lowest BCUT2D eigenvalue weighted by Crippen LogP contribution is -2.42. The molecular formula is C11H16S. The second-order valence-corrected chi connectivity index (χ2v) is 6.05. The van der Waals surface area contributed by atoms with Crippen molar-refractivity contribution in [1.82, 2.24) is 0 Å². The zero-order chi connectivity index (χ0) is 8.13. The van der Waals surface area contributed by atoms with Gasteiger partial charge in [0.05, 0.1) is 0 Å². The summed E-state index contributed by atoms with van der Waals surface area (Å²) in [5, 5.41) is 1.97. The zero-order valence-electron chi connectivity index (χ0n) is 7.62. The fraction of sp³-hybridized carbons (Fsp3) is 0.818. The molecule has 2 aliphatic carbocycles. The van der Waals surface area contributed by atoms with Gasteiger partial charge in [0.1, 0.15) is 0 Å². The van der Waals surface area contributed by atoms with E-state index < -0.39 is 0 Å². The smallest absolute Gasteiger partial charge is 0.0264 e. The minimum absolute atomic E-state index is 0.936. The first kappa shape index (κ1) is 7.49. The fourth-order valence-electron chi connectivity index (χ4n) is 3.45. The van der Waals surface area contributed by atoms with Gasteiger partial charge >= 0.3 is 0 Å². The van der Waals surface area contributed by atoms with Crippen molar-refractivity contribution in [3.05, 3.63) is 11.6 Å². The van der Waals surface area contributed by atoms with Crippen molar-refractivity contribution in [2.45, 2.75) is 43.1 Å². The van der Waals surface area contributed by atoms with Crippen LogP contribution in [0.2, 0.25) is 0 Å². The standard InChI is InChI=1S/C11H16S/c1-2-10-8-3-7-4-9(6-8)12-11(10)5-7/h2,7-9,11H,3-6H2,1H3/b10-2-. The SMILES string of the molecule is C/C=C1/C2CC3CC(C2)SC1C3. The summed E-state index contributed by atoms with van der Waals surface area (Å²) in [5.74, 6) is 2.10. The predicted octanol–water partition coefficient (Wildman–Crippen LogP) is 3.24. The van der Waals surface area contributed by atoms with E-state index in [9.17, 15) is 0 Å². The molecule has 4 rings (SSSR count). The summed E-state index contributed by atoms with van der Waals surface area (Å²) in [7, 11) is 0. The average molecular weight is 180 g/mol. The molecule has 0 radical (unpaired) electrons. The number of hydrogen-bond donors (Lipinski definition) is 0. The van der Waals surface area contributed by atoms with Gasteiger partial charge in [0.15, 0.2) is 0 Å². The number of allylic oxidation sites excluding steroid dienone is 1. The molecule has 1 heteroatoms. The maximum absolute atomic E-state index is 2.40. The first-order valence-corrected chi connectivity index (χ1v) is 6.12. The van der Waals surface area contributed by atoms with Crippen molar-refractivity contribution in [1.29, 1.82) is 0 Å². The first-order valence-electron chi connectivity index (χ1n) is 5.18. The number of hydrogen-bond acceptors (Lipinski definition) is 1. The van der Waals surface area contributed by atoms with Crippen LogP contribution < -0.4 is 0 Å². The molecule has 2 aliphatic heterocycles. The van der Waals surface area contributed by atoms with E-state index in [-0.39, 0.29) is 0 Å². The third-order valence-corrected chi connectivity index (χ3v) is 5.41. The summed E-state index contributed by atoms with van der Waals surface area (Å²) in [6, 6.07) is 0. The zero-order valence-corrected chi connectivity index (χ0v) is 8.44. The van der Waals surface area contributed by atoms with Gasteiger partial charge in [-0.25, -0.2) is 0 Å². The second kappa shape index (κ2) is 2.54. The molecule has 0 N–H and O–H groups in total. The summed E-state index contributed by atoms with van der Waals surface area (Å²) in [4.78, 5) is 0. The third kappa shape index (κ3) is 0.921. The van der Waals surface area contributed by atoms with Crippen LogP contribution in [0.3, 0.4) is 0 Å². The van der Waals surface area contributed by atoms with Gasteiger partial charge in [0, 0.05) is 10.5 Å². The molecule has 4 atom stereocenters. The molecule has 0 aromatic rings. The van der Waals surface area contributed by atoms with E-state index in [1.807, 2.05) is 0 Å². The van der Waals surface area contributed by atoms with Crippen LogP contribution in [-0.4, -0.2) is 10.5 Å². The Labute approximate surface area is 78.8 Å². The summed E-state index contributed by atoms with van der Waals surface area (Å²) in [6.45, 7) is 2.23.